The molecule has 4 rings (SSSR count). The van der Waals surface area contributed by atoms with E-state index in [1.54, 1.807) is 6.07 Å². The van der Waals surface area contributed by atoms with Crippen molar-refractivity contribution in [3.05, 3.63) is 72.0 Å². The standard InChI is InChI=1S/C20H17F2N3O4S/c21-15-5-3-4-14(12-15)17-13-18(29-23-17)20(26)24-8-10-25(11-9-24)30(27,28)19-7-2-1-6-16(19)22/h1-7,12-13H,8-11H2. The highest BCUT2D eigenvalue weighted by Gasteiger charge is 2.33. The summed E-state index contributed by atoms with van der Waals surface area (Å²) in [6.45, 7) is 0.269. The maximum absolute atomic E-state index is 13.9. The van der Waals surface area contributed by atoms with Gasteiger partial charge < -0.3 is 9.42 Å². The molecule has 1 saturated heterocycles. The maximum Gasteiger partial charge on any atom is 0.292 e. The van der Waals surface area contributed by atoms with Crippen molar-refractivity contribution in [2.75, 3.05) is 26.2 Å². The molecule has 10 heteroatoms. The zero-order chi connectivity index (χ0) is 21.3. The van der Waals surface area contributed by atoms with Gasteiger partial charge in [-0.15, -0.1) is 0 Å². The number of carbonyl (C=O) groups excluding carboxylic acids is 1. The van der Waals surface area contributed by atoms with Crippen LogP contribution in [0.1, 0.15) is 10.6 Å². The van der Waals surface area contributed by atoms with E-state index in [4.69, 9.17) is 4.52 Å². The highest BCUT2D eigenvalue weighted by atomic mass is 32.2. The fourth-order valence-electron chi connectivity index (χ4n) is 3.24. The summed E-state index contributed by atoms with van der Waals surface area (Å²) in [6, 6.07) is 12.3. The molecular weight excluding hydrogens is 416 g/mol. The summed E-state index contributed by atoms with van der Waals surface area (Å²) < 4.78 is 58.9. The number of hydrogen-bond donors (Lipinski definition) is 0. The third-order valence-electron chi connectivity index (χ3n) is 4.82. The Balaban J connectivity index is 1.45. The number of piperazine rings is 1. The molecule has 1 aromatic heterocycles. The van der Waals surface area contributed by atoms with Gasteiger partial charge in [-0.25, -0.2) is 17.2 Å². The van der Waals surface area contributed by atoms with E-state index in [9.17, 15) is 22.0 Å². The van der Waals surface area contributed by atoms with E-state index in [1.165, 1.54) is 47.4 Å². The topological polar surface area (TPSA) is 83.7 Å². The Morgan fingerprint density at radius 1 is 0.967 bits per heavy atom. The number of aromatic nitrogens is 1. The van der Waals surface area contributed by atoms with Crippen molar-refractivity contribution in [1.29, 1.82) is 0 Å². The largest absolute Gasteiger partial charge is 0.350 e. The fourth-order valence-corrected chi connectivity index (χ4v) is 4.73. The molecule has 0 saturated carbocycles. The highest BCUT2D eigenvalue weighted by Crippen LogP contribution is 2.23. The van der Waals surface area contributed by atoms with Gasteiger partial charge >= 0.3 is 0 Å². The summed E-state index contributed by atoms with van der Waals surface area (Å²) in [5.41, 5.74) is 0.789. The van der Waals surface area contributed by atoms with E-state index in [2.05, 4.69) is 5.16 Å². The van der Waals surface area contributed by atoms with E-state index < -0.39 is 27.6 Å². The van der Waals surface area contributed by atoms with Crippen molar-refractivity contribution < 1.29 is 26.5 Å². The summed E-state index contributed by atoms with van der Waals surface area (Å²) in [5, 5.41) is 3.81. The lowest BCUT2D eigenvalue weighted by molar-refractivity contribution is 0.0656. The highest BCUT2D eigenvalue weighted by molar-refractivity contribution is 7.89. The van der Waals surface area contributed by atoms with Crippen molar-refractivity contribution in [2.45, 2.75) is 4.90 Å². The molecule has 7 nitrogen and oxygen atoms in total. The second kappa shape index (κ2) is 7.96. The normalized spacial score (nSPS) is 15.3. The summed E-state index contributed by atoms with van der Waals surface area (Å²) in [7, 11) is -3.99. The van der Waals surface area contributed by atoms with E-state index in [-0.39, 0.29) is 36.8 Å². The molecule has 0 N–H and O–H groups in total. The average molecular weight is 433 g/mol. The monoisotopic (exact) mass is 433 g/mol. The maximum atomic E-state index is 13.9. The minimum atomic E-state index is -3.99. The molecule has 2 heterocycles. The van der Waals surface area contributed by atoms with E-state index >= 15 is 0 Å². The first-order chi connectivity index (χ1) is 14.4. The number of carbonyl (C=O) groups is 1. The van der Waals surface area contributed by atoms with Gasteiger partial charge in [0.25, 0.3) is 5.91 Å². The molecule has 0 radical (unpaired) electrons. The first kappa shape index (κ1) is 20.2. The van der Waals surface area contributed by atoms with Gasteiger partial charge in [0.05, 0.1) is 0 Å². The molecule has 2 aromatic carbocycles. The predicted molar refractivity (Wildman–Crippen MR) is 103 cm³/mol. The molecule has 1 fully saturated rings. The van der Waals surface area contributed by atoms with Crippen LogP contribution in [0.15, 0.2) is 64.0 Å². The summed E-state index contributed by atoms with van der Waals surface area (Å²) in [5.74, 6) is -1.73. The summed E-state index contributed by atoms with van der Waals surface area (Å²) in [4.78, 5) is 13.7. The van der Waals surface area contributed by atoms with Crippen LogP contribution < -0.4 is 0 Å². The molecule has 0 unspecified atom stereocenters. The number of nitrogens with zero attached hydrogens (tertiary/aromatic N) is 3. The fraction of sp³-hybridized carbons (Fsp3) is 0.200. The molecule has 3 aromatic rings. The van der Waals surface area contributed by atoms with Crippen molar-refractivity contribution in [3.63, 3.8) is 0 Å². The molecule has 1 aliphatic heterocycles. The first-order valence-electron chi connectivity index (χ1n) is 9.13. The Morgan fingerprint density at radius 3 is 2.40 bits per heavy atom. The molecule has 0 spiro atoms. The Morgan fingerprint density at radius 2 is 1.70 bits per heavy atom. The lowest BCUT2D eigenvalue weighted by atomic mass is 10.1. The van der Waals surface area contributed by atoms with Crippen LogP contribution in [0.3, 0.4) is 0 Å². The van der Waals surface area contributed by atoms with Gasteiger partial charge in [-0.1, -0.05) is 29.4 Å². The van der Waals surface area contributed by atoms with Crippen LogP contribution in [0.2, 0.25) is 0 Å². The zero-order valence-electron chi connectivity index (χ0n) is 15.7. The molecule has 0 bridgehead atoms. The van der Waals surface area contributed by atoms with Gasteiger partial charge in [-0.3, -0.25) is 4.79 Å². The van der Waals surface area contributed by atoms with Gasteiger partial charge in [-0.2, -0.15) is 4.31 Å². The lowest BCUT2D eigenvalue weighted by Crippen LogP contribution is -2.50. The molecular formula is C20H17F2N3O4S. The molecule has 1 aliphatic rings. The Kier molecular flexibility index (Phi) is 5.35. The minimum absolute atomic E-state index is 0.0211. The quantitative estimate of drug-likeness (QED) is 0.632. The minimum Gasteiger partial charge on any atom is -0.350 e. The van der Waals surface area contributed by atoms with Crippen LogP contribution in [0.5, 0.6) is 0 Å². The van der Waals surface area contributed by atoms with Gasteiger partial charge in [0, 0.05) is 37.8 Å². The van der Waals surface area contributed by atoms with Crippen LogP contribution in [0.25, 0.3) is 11.3 Å². The third-order valence-corrected chi connectivity index (χ3v) is 6.75. The number of halogens is 2. The van der Waals surface area contributed by atoms with Crippen molar-refractivity contribution in [2.24, 2.45) is 0 Å². The van der Waals surface area contributed by atoms with E-state index in [0.717, 1.165) is 10.4 Å². The number of rotatable bonds is 4. The number of sulfonamides is 1. The first-order valence-corrected chi connectivity index (χ1v) is 10.6. The average Bonchev–Trinajstić information content (AvgIpc) is 3.24. The Hall–Kier alpha value is -3.11. The summed E-state index contributed by atoms with van der Waals surface area (Å²) >= 11 is 0. The summed E-state index contributed by atoms with van der Waals surface area (Å²) in [6.07, 6.45) is 0. The van der Waals surface area contributed by atoms with Crippen molar-refractivity contribution in [3.8, 4) is 11.3 Å². The van der Waals surface area contributed by atoms with Crippen LogP contribution in [0.4, 0.5) is 8.78 Å². The third kappa shape index (κ3) is 3.83. The van der Waals surface area contributed by atoms with Gasteiger partial charge in [0.1, 0.15) is 22.2 Å². The molecule has 0 aliphatic carbocycles. The second-order valence-electron chi connectivity index (χ2n) is 6.71. The molecule has 30 heavy (non-hydrogen) atoms. The van der Waals surface area contributed by atoms with E-state index in [1.807, 2.05) is 0 Å². The number of benzene rings is 2. The van der Waals surface area contributed by atoms with E-state index in [0.29, 0.717) is 11.3 Å². The molecule has 156 valence electrons. The van der Waals surface area contributed by atoms with Gasteiger partial charge in [-0.05, 0) is 24.3 Å². The Bertz CT molecular complexity index is 1190. The van der Waals surface area contributed by atoms with Gasteiger partial charge in [0.2, 0.25) is 15.8 Å². The van der Waals surface area contributed by atoms with Crippen LogP contribution in [-0.4, -0.2) is 54.9 Å². The van der Waals surface area contributed by atoms with Crippen LogP contribution >= 0.6 is 0 Å². The molecule has 1 amide bonds. The molecule has 0 atom stereocenters. The second-order valence-corrected chi connectivity index (χ2v) is 8.62. The SMILES string of the molecule is O=C(c1cc(-c2cccc(F)c2)no1)N1CCN(S(=O)(=O)c2ccccc2F)CC1. The van der Waals surface area contributed by atoms with Gasteiger partial charge in [0.15, 0.2) is 0 Å². The number of amides is 1. The zero-order valence-corrected chi connectivity index (χ0v) is 16.5. The lowest BCUT2D eigenvalue weighted by Gasteiger charge is -2.33. The Labute approximate surface area is 171 Å². The van der Waals surface area contributed by atoms with Crippen LogP contribution in [0, 0.1) is 11.6 Å². The smallest absolute Gasteiger partial charge is 0.292 e. The van der Waals surface area contributed by atoms with Crippen molar-refractivity contribution >= 4 is 15.9 Å². The van der Waals surface area contributed by atoms with Crippen molar-refractivity contribution in [1.82, 2.24) is 14.4 Å². The van der Waals surface area contributed by atoms with Crippen LogP contribution in [-0.2, 0) is 10.0 Å². The number of hydrogen-bond acceptors (Lipinski definition) is 5. The predicted octanol–water partition coefficient (Wildman–Crippen LogP) is 2.77.